The molecule has 1 aromatic rings. The highest BCUT2D eigenvalue weighted by Crippen LogP contribution is 2.29. The number of carbonyl (C=O) groups excluding carboxylic acids is 1. The molecule has 78 valence electrons. The first-order chi connectivity index (χ1) is 7.22. The average Bonchev–Trinajstić information content (AvgIpc) is 2.57. The summed E-state index contributed by atoms with van der Waals surface area (Å²) in [7, 11) is 0. The van der Waals surface area contributed by atoms with Gasteiger partial charge in [0, 0.05) is 5.56 Å². The number of aliphatic hydroxyl groups is 1. The molecule has 0 aliphatic carbocycles. The van der Waals surface area contributed by atoms with Crippen LogP contribution in [0.1, 0.15) is 29.3 Å². The van der Waals surface area contributed by atoms with E-state index >= 15 is 0 Å². The molecule has 0 amide bonds. The zero-order valence-electron chi connectivity index (χ0n) is 8.43. The normalized spacial score (nSPS) is 18.8. The Labute approximate surface area is 88.0 Å². The lowest BCUT2D eigenvalue weighted by Gasteiger charge is -2.02. The fourth-order valence-corrected chi connectivity index (χ4v) is 1.50. The molecule has 1 heterocycles. The minimum absolute atomic E-state index is 0.347. The van der Waals surface area contributed by atoms with Gasteiger partial charge in [0.1, 0.15) is 5.76 Å². The van der Waals surface area contributed by atoms with Gasteiger partial charge >= 0.3 is 5.97 Å². The maximum absolute atomic E-state index is 11.4. The van der Waals surface area contributed by atoms with Gasteiger partial charge in [-0.25, -0.2) is 4.79 Å². The van der Waals surface area contributed by atoms with Crippen LogP contribution in [0.4, 0.5) is 0 Å². The molecule has 0 bridgehead atoms. The molecule has 0 fully saturated rings. The molecule has 0 radical (unpaired) electrons. The van der Waals surface area contributed by atoms with Crippen molar-refractivity contribution in [3.63, 3.8) is 0 Å². The van der Waals surface area contributed by atoms with Crippen LogP contribution in [0.15, 0.2) is 30.3 Å². The zero-order chi connectivity index (χ0) is 10.8. The van der Waals surface area contributed by atoms with Crippen molar-refractivity contribution < 1.29 is 14.6 Å². The molecule has 1 aliphatic heterocycles. The molecular weight excluding hydrogens is 192 g/mol. The number of esters is 1. The molecule has 3 nitrogen and oxygen atoms in total. The second-order valence-electron chi connectivity index (χ2n) is 3.44. The van der Waals surface area contributed by atoms with Crippen molar-refractivity contribution >= 4 is 11.7 Å². The van der Waals surface area contributed by atoms with E-state index in [0.717, 1.165) is 5.56 Å². The van der Waals surface area contributed by atoms with E-state index in [0.29, 0.717) is 17.7 Å². The van der Waals surface area contributed by atoms with Crippen LogP contribution in [-0.2, 0) is 4.74 Å². The number of rotatable bonds is 2. The maximum atomic E-state index is 11.4. The van der Waals surface area contributed by atoms with E-state index in [9.17, 15) is 9.90 Å². The summed E-state index contributed by atoms with van der Waals surface area (Å²) in [4.78, 5) is 11.4. The van der Waals surface area contributed by atoms with Gasteiger partial charge in [0.05, 0.1) is 11.7 Å². The van der Waals surface area contributed by atoms with E-state index in [1.54, 1.807) is 18.2 Å². The van der Waals surface area contributed by atoms with Crippen molar-refractivity contribution in [2.75, 3.05) is 0 Å². The van der Waals surface area contributed by atoms with Crippen molar-refractivity contribution in [2.45, 2.75) is 19.4 Å². The minimum Gasteiger partial charge on any atom is -0.422 e. The monoisotopic (exact) mass is 204 g/mol. The topological polar surface area (TPSA) is 46.5 Å². The highest BCUT2D eigenvalue weighted by atomic mass is 16.5. The standard InChI is InChI=1S/C12H12O3/c1-2-8(13)7-11-9-5-3-4-6-10(9)12(14)15-11/h3-8,13H,2H2,1H3/b11-7-. The number of hydrogen-bond acceptors (Lipinski definition) is 3. The van der Waals surface area contributed by atoms with E-state index in [4.69, 9.17) is 4.74 Å². The number of hydrogen-bond donors (Lipinski definition) is 1. The van der Waals surface area contributed by atoms with Crippen molar-refractivity contribution in [1.29, 1.82) is 0 Å². The summed E-state index contributed by atoms with van der Waals surface area (Å²) in [6.07, 6.45) is 1.60. The van der Waals surface area contributed by atoms with E-state index in [1.807, 2.05) is 19.1 Å². The Morgan fingerprint density at radius 3 is 2.73 bits per heavy atom. The predicted molar refractivity (Wildman–Crippen MR) is 56.1 cm³/mol. The average molecular weight is 204 g/mol. The number of benzene rings is 1. The molecule has 0 aromatic heterocycles. The molecule has 1 aromatic carbocycles. The van der Waals surface area contributed by atoms with Gasteiger partial charge in [-0.3, -0.25) is 0 Å². The van der Waals surface area contributed by atoms with Gasteiger partial charge in [0.15, 0.2) is 0 Å². The molecular formula is C12H12O3. The van der Waals surface area contributed by atoms with E-state index in [-0.39, 0.29) is 5.97 Å². The lowest BCUT2D eigenvalue weighted by Crippen LogP contribution is -2.00. The predicted octanol–water partition coefficient (Wildman–Crippen LogP) is 1.97. The Kier molecular flexibility index (Phi) is 2.56. The van der Waals surface area contributed by atoms with Crippen molar-refractivity contribution in [1.82, 2.24) is 0 Å². The van der Waals surface area contributed by atoms with Crippen LogP contribution in [0.3, 0.4) is 0 Å². The zero-order valence-corrected chi connectivity index (χ0v) is 8.43. The molecule has 1 aliphatic rings. The summed E-state index contributed by atoms with van der Waals surface area (Å²) in [5.74, 6) is 0.116. The van der Waals surface area contributed by atoms with E-state index in [2.05, 4.69) is 0 Å². The first-order valence-electron chi connectivity index (χ1n) is 4.94. The fraction of sp³-hybridized carbons (Fsp3) is 0.250. The van der Waals surface area contributed by atoms with Gasteiger partial charge in [-0.05, 0) is 18.6 Å². The molecule has 1 N–H and O–H groups in total. The smallest absolute Gasteiger partial charge is 0.344 e. The van der Waals surface area contributed by atoms with Crippen LogP contribution >= 0.6 is 0 Å². The SMILES string of the molecule is CCC(O)/C=C1\OC(=O)c2ccccc21. The lowest BCUT2D eigenvalue weighted by atomic mass is 10.1. The highest BCUT2D eigenvalue weighted by Gasteiger charge is 2.25. The Hall–Kier alpha value is -1.61. The Morgan fingerprint density at radius 2 is 2.07 bits per heavy atom. The molecule has 15 heavy (non-hydrogen) atoms. The van der Waals surface area contributed by atoms with Crippen LogP contribution in [0, 0.1) is 0 Å². The third-order valence-corrected chi connectivity index (χ3v) is 2.38. The van der Waals surface area contributed by atoms with Crippen LogP contribution in [-0.4, -0.2) is 17.2 Å². The van der Waals surface area contributed by atoms with E-state index < -0.39 is 6.10 Å². The van der Waals surface area contributed by atoms with Gasteiger partial charge in [-0.2, -0.15) is 0 Å². The third-order valence-electron chi connectivity index (χ3n) is 2.38. The van der Waals surface area contributed by atoms with Gasteiger partial charge in [0.25, 0.3) is 0 Å². The molecule has 0 spiro atoms. The second kappa shape index (κ2) is 3.87. The first kappa shape index (κ1) is 9.93. The van der Waals surface area contributed by atoms with E-state index in [1.165, 1.54) is 0 Å². The second-order valence-corrected chi connectivity index (χ2v) is 3.44. The fourth-order valence-electron chi connectivity index (χ4n) is 1.50. The number of cyclic esters (lactones) is 1. The quantitative estimate of drug-likeness (QED) is 0.749. The highest BCUT2D eigenvalue weighted by molar-refractivity contribution is 6.02. The Morgan fingerprint density at radius 1 is 1.40 bits per heavy atom. The van der Waals surface area contributed by atoms with Crippen molar-refractivity contribution in [3.8, 4) is 0 Å². The van der Waals surface area contributed by atoms with Gasteiger partial charge in [0.2, 0.25) is 0 Å². The summed E-state index contributed by atoms with van der Waals surface area (Å²) in [6, 6.07) is 7.16. The Bertz CT molecular complexity index is 421. The number of carbonyl (C=O) groups is 1. The molecule has 1 unspecified atom stereocenters. The van der Waals surface area contributed by atoms with Crippen molar-refractivity contribution in [2.24, 2.45) is 0 Å². The van der Waals surface area contributed by atoms with Crippen LogP contribution in [0.5, 0.6) is 0 Å². The Balaban J connectivity index is 2.40. The van der Waals surface area contributed by atoms with Crippen LogP contribution < -0.4 is 0 Å². The van der Waals surface area contributed by atoms with Crippen molar-refractivity contribution in [3.05, 3.63) is 41.5 Å². The maximum Gasteiger partial charge on any atom is 0.344 e. The van der Waals surface area contributed by atoms with Crippen LogP contribution in [0.2, 0.25) is 0 Å². The van der Waals surface area contributed by atoms with Gasteiger partial charge in [-0.15, -0.1) is 0 Å². The number of fused-ring (bicyclic) bond motifs is 1. The molecule has 0 saturated carbocycles. The molecule has 2 rings (SSSR count). The summed E-state index contributed by atoms with van der Waals surface area (Å²) in [5.41, 5.74) is 1.32. The number of ether oxygens (including phenoxy) is 1. The largest absolute Gasteiger partial charge is 0.422 e. The summed E-state index contributed by atoms with van der Waals surface area (Å²) in [5, 5.41) is 9.46. The van der Waals surface area contributed by atoms with Gasteiger partial charge < -0.3 is 9.84 Å². The lowest BCUT2D eigenvalue weighted by molar-refractivity contribution is 0.0713. The molecule has 1 atom stereocenters. The third kappa shape index (κ3) is 1.78. The first-order valence-corrected chi connectivity index (χ1v) is 4.94. The van der Waals surface area contributed by atoms with Gasteiger partial charge in [-0.1, -0.05) is 25.1 Å². The molecule has 3 heteroatoms. The minimum atomic E-state index is -0.570. The molecule has 0 saturated heterocycles. The number of aliphatic hydroxyl groups excluding tert-OH is 1. The van der Waals surface area contributed by atoms with Crippen LogP contribution in [0.25, 0.3) is 5.76 Å². The summed E-state index contributed by atoms with van der Waals surface area (Å²) >= 11 is 0. The summed E-state index contributed by atoms with van der Waals surface area (Å²) < 4.78 is 5.07. The summed E-state index contributed by atoms with van der Waals surface area (Å²) in [6.45, 7) is 1.87.